The fourth-order valence-electron chi connectivity index (χ4n) is 0.440. The third-order valence-corrected chi connectivity index (χ3v) is 0.824. The summed E-state index contributed by atoms with van der Waals surface area (Å²) in [6.07, 6.45) is 5.01. The van der Waals surface area contributed by atoms with Crippen molar-refractivity contribution in [2.24, 2.45) is 0 Å². The number of ketones is 2. The van der Waals surface area contributed by atoms with Crippen molar-refractivity contribution >= 4 is 32.4 Å². The minimum Gasteiger partial charge on any atom is -0.290 e. The molecule has 1 unspecified atom stereocenters. The maximum Gasteiger partial charge on any atom is 0.178 e. The average Bonchev–Trinajstić information content (AvgIpc) is 1.77. The van der Waals surface area contributed by atoms with E-state index in [1.165, 1.54) is 24.3 Å². The standard InChI is InChI=1S/C6H4O2.H3P.H4Si/c7-5-1-2-6(8)4-3-5;;/h1-4H;1H3;1H4. The molecule has 0 aromatic carbocycles. The van der Waals surface area contributed by atoms with Gasteiger partial charge in [0.1, 0.15) is 0 Å². The van der Waals surface area contributed by atoms with Crippen LogP contribution in [0, 0.1) is 0 Å². The van der Waals surface area contributed by atoms with Gasteiger partial charge in [-0.3, -0.25) is 9.59 Å². The molecular formula is C6H11O2PSi. The minimum absolute atomic E-state index is 0. The summed E-state index contributed by atoms with van der Waals surface area (Å²) < 4.78 is 0. The first-order chi connectivity index (χ1) is 3.79. The second-order valence-electron chi connectivity index (χ2n) is 1.47. The maximum absolute atomic E-state index is 10.3. The zero-order chi connectivity index (χ0) is 5.98. The Hall–Kier alpha value is -0.533. The van der Waals surface area contributed by atoms with E-state index in [0.717, 1.165) is 0 Å². The molecule has 0 fully saturated rings. The summed E-state index contributed by atoms with van der Waals surface area (Å²) in [5, 5.41) is 0. The lowest BCUT2D eigenvalue weighted by molar-refractivity contribution is -0.113. The Morgan fingerprint density at radius 2 is 1.00 bits per heavy atom. The van der Waals surface area contributed by atoms with E-state index in [1.807, 2.05) is 0 Å². The molecule has 0 aromatic heterocycles. The van der Waals surface area contributed by atoms with Crippen LogP contribution in [0.15, 0.2) is 24.3 Å². The topological polar surface area (TPSA) is 34.1 Å². The molecule has 0 heterocycles. The first-order valence-electron chi connectivity index (χ1n) is 2.23. The van der Waals surface area contributed by atoms with E-state index in [0.29, 0.717) is 0 Å². The molecular weight excluding hydrogens is 163 g/mol. The molecule has 1 atom stereocenters. The molecule has 56 valence electrons. The molecule has 0 saturated carbocycles. The summed E-state index contributed by atoms with van der Waals surface area (Å²) in [5.74, 6) is -0.241. The largest absolute Gasteiger partial charge is 0.290 e. The average molecular weight is 174 g/mol. The first-order valence-corrected chi connectivity index (χ1v) is 2.23. The minimum atomic E-state index is -0.121. The lowest BCUT2D eigenvalue weighted by Crippen LogP contribution is -1.97. The van der Waals surface area contributed by atoms with Gasteiger partial charge in [-0.15, -0.1) is 0 Å². The molecule has 1 aliphatic carbocycles. The van der Waals surface area contributed by atoms with Crippen molar-refractivity contribution in [2.75, 3.05) is 0 Å². The smallest absolute Gasteiger partial charge is 0.178 e. The van der Waals surface area contributed by atoms with Gasteiger partial charge in [0, 0.05) is 0 Å². The van der Waals surface area contributed by atoms with E-state index in [4.69, 9.17) is 0 Å². The van der Waals surface area contributed by atoms with Gasteiger partial charge in [-0.2, -0.15) is 9.90 Å². The fourth-order valence-corrected chi connectivity index (χ4v) is 0.440. The van der Waals surface area contributed by atoms with Crippen LogP contribution in [0.2, 0.25) is 0 Å². The second kappa shape index (κ2) is 5.27. The van der Waals surface area contributed by atoms with Gasteiger partial charge in [0.05, 0.1) is 0 Å². The van der Waals surface area contributed by atoms with Gasteiger partial charge in [-0.1, -0.05) is 0 Å². The monoisotopic (exact) mass is 174 g/mol. The SMILES string of the molecule is O=C1C=CC(=O)C=C1.P.[SiH4]. The zero-order valence-electron chi connectivity index (χ0n) is 4.83. The van der Waals surface area contributed by atoms with Crippen molar-refractivity contribution in [1.29, 1.82) is 0 Å². The predicted octanol–water partition coefficient (Wildman–Crippen LogP) is -1.14. The molecule has 0 N–H and O–H groups in total. The molecule has 0 bridgehead atoms. The number of hydrogen-bond acceptors (Lipinski definition) is 2. The normalized spacial score (nSPS) is 14.0. The number of allylic oxidation sites excluding steroid dienone is 4. The van der Waals surface area contributed by atoms with E-state index >= 15 is 0 Å². The lowest BCUT2D eigenvalue weighted by Gasteiger charge is -1.87. The van der Waals surface area contributed by atoms with Crippen molar-refractivity contribution in [3.8, 4) is 0 Å². The summed E-state index contributed by atoms with van der Waals surface area (Å²) in [7, 11) is 0. The zero-order valence-corrected chi connectivity index (χ0v) is 6.25. The third kappa shape index (κ3) is 3.48. The van der Waals surface area contributed by atoms with Crippen LogP contribution in [0.1, 0.15) is 0 Å². The number of hydrogen-bond donors (Lipinski definition) is 0. The molecule has 4 heteroatoms. The van der Waals surface area contributed by atoms with Crippen LogP contribution in [0.3, 0.4) is 0 Å². The summed E-state index contributed by atoms with van der Waals surface area (Å²) in [6, 6.07) is 0. The van der Waals surface area contributed by atoms with Crippen LogP contribution < -0.4 is 0 Å². The quantitative estimate of drug-likeness (QED) is 0.264. The fraction of sp³-hybridized carbons (Fsp3) is 0. The molecule has 0 aliphatic heterocycles. The molecule has 1 rings (SSSR count). The van der Waals surface area contributed by atoms with Crippen molar-refractivity contribution in [3.63, 3.8) is 0 Å². The highest BCUT2D eigenvalue weighted by Gasteiger charge is 1.97. The van der Waals surface area contributed by atoms with Gasteiger partial charge < -0.3 is 0 Å². The van der Waals surface area contributed by atoms with E-state index < -0.39 is 0 Å². The second-order valence-corrected chi connectivity index (χ2v) is 1.47. The van der Waals surface area contributed by atoms with Crippen molar-refractivity contribution in [1.82, 2.24) is 0 Å². The Kier molecular flexibility index (Phi) is 6.41. The summed E-state index contributed by atoms with van der Waals surface area (Å²) in [4.78, 5) is 20.6. The van der Waals surface area contributed by atoms with Gasteiger partial charge in [-0.05, 0) is 35.3 Å². The molecule has 2 nitrogen and oxygen atoms in total. The van der Waals surface area contributed by atoms with E-state index in [1.54, 1.807) is 0 Å². The molecule has 1 aliphatic rings. The van der Waals surface area contributed by atoms with Crippen LogP contribution >= 0.6 is 9.90 Å². The highest BCUT2D eigenvalue weighted by atomic mass is 31.0. The number of carbonyl (C=O) groups excluding carboxylic acids is 2. The van der Waals surface area contributed by atoms with Crippen LogP contribution in [-0.2, 0) is 9.59 Å². The Bertz CT molecular complexity index is 158. The van der Waals surface area contributed by atoms with Crippen LogP contribution in [0.4, 0.5) is 0 Å². The molecule has 0 spiro atoms. The Balaban J connectivity index is 0. The predicted molar refractivity (Wildman–Crippen MR) is 50.7 cm³/mol. The molecule has 0 radical (unpaired) electrons. The first kappa shape index (κ1) is 12.2. The summed E-state index contributed by atoms with van der Waals surface area (Å²) >= 11 is 0. The van der Waals surface area contributed by atoms with E-state index in [2.05, 4.69) is 0 Å². The molecule has 0 saturated heterocycles. The van der Waals surface area contributed by atoms with Crippen molar-refractivity contribution in [2.45, 2.75) is 0 Å². The Labute approximate surface area is 67.0 Å². The van der Waals surface area contributed by atoms with Crippen LogP contribution in [0.5, 0.6) is 0 Å². The molecule has 0 aromatic rings. The van der Waals surface area contributed by atoms with Crippen LogP contribution in [-0.4, -0.2) is 22.5 Å². The Morgan fingerprint density at radius 1 is 0.800 bits per heavy atom. The highest BCUT2D eigenvalue weighted by molar-refractivity contribution is 6.92. The van der Waals surface area contributed by atoms with Gasteiger partial charge >= 0.3 is 0 Å². The van der Waals surface area contributed by atoms with Gasteiger partial charge in [-0.25, -0.2) is 0 Å². The van der Waals surface area contributed by atoms with E-state index in [-0.39, 0.29) is 32.4 Å². The third-order valence-electron chi connectivity index (χ3n) is 0.824. The number of carbonyl (C=O) groups is 2. The number of rotatable bonds is 0. The maximum atomic E-state index is 10.3. The summed E-state index contributed by atoms with van der Waals surface area (Å²) in [5.41, 5.74) is 0. The molecule has 0 amide bonds. The highest BCUT2D eigenvalue weighted by Crippen LogP contribution is 1.90. The van der Waals surface area contributed by atoms with Gasteiger partial charge in [0.15, 0.2) is 11.6 Å². The van der Waals surface area contributed by atoms with Crippen molar-refractivity contribution < 1.29 is 9.59 Å². The van der Waals surface area contributed by atoms with Crippen LogP contribution in [0.25, 0.3) is 0 Å². The molecule has 10 heavy (non-hydrogen) atoms. The summed E-state index contributed by atoms with van der Waals surface area (Å²) in [6.45, 7) is 0. The van der Waals surface area contributed by atoms with Crippen molar-refractivity contribution in [3.05, 3.63) is 24.3 Å². The van der Waals surface area contributed by atoms with Gasteiger partial charge in [0.25, 0.3) is 0 Å². The lowest BCUT2D eigenvalue weighted by atomic mass is 10.2. The van der Waals surface area contributed by atoms with E-state index in [9.17, 15) is 9.59 Å². The Morgan fingerprint density at radius 3 is 1.20 bits per heavy atom. The van der Waals surface area contributed by atoms with Gasteiger partial charge in [0.2, 0.25) is 0 Å².